The Bertz CT molecular complexity index is 432. The Hall–Kier alpha value is -2.18. The average molecular weight is 236 g/mol. The van der Waals surface area contributed by atoms with E-state index in [1.165, 1.54) is 12.4 Å². The quantitative estimate of drug-likeness (QED) is 0.672. The SMILES string of the molecule is O=C1CCC(CNc2cnc(C(=O)O)cn2)N1. The zero-order valence-corrected chi connectivity index (χ0v) is 9.01. The van der Waals surface area contributed by atoms with E-state index in [4.69, 9.17) is 5.11 Å². The summed E-state index contributed by atoms with van der Waals surface area (Å²) in [7, 11) is 0. The van der Waals surface area contributed by atoms with Crippen molar-refractivity contribution in [3.63, 3.8) is 0 Å². The van der Waals surface area contributed by atoms with Crippen molar-refractivity contribution in [2.24, 2.45) is 0 Å². The molecule has 1 aromatic heterocycles. The molecule has 7 heteroatoms. The molecule has 17 heavy (non-hydrogen) atoms. The van der Waals surface area contributed by atoms with Crippen molar-refractivity contribution in [1.29, 1.82) is 0 Å². The fourth-order valence-corrected chi connectivity index (χ4v) is 1.59. The van der Waals surface area contributed by atoms with E-state index < -0.39 is 5.97 Å². The fraction of sp³-hybridized carbons (Fsp3) is 0.400. The zero-order valence-electron chi connectivity index (χ0n) is 9.01. The van der Waals surface area contributed by atoms with E-state index in [1.807, 2.05) is 0 Å². The summed E-state index contributed by atoms with van der Waals surface area (Å²) in [5.74, 6) is -0.549. The molecule has 1 unspecified atom stereocenters. The van der Waals surface area contributed by atoms with Crippen LogP contribution in [0.15, 0.2) is 12.4 Å². The van der Waals surface area contributed by atoms with Crippen LogP contribution in [0.1, 0.15) is 23.3 Å². The normalized spacial score (nSPS) is 18.8. The van der Waals surface area contributed by atoms with Gasteiger partial charge >= 0.3 is 5.97 Å². The highest BCUT2D eigenvalue weighted by molar-refractivity contribution is 5.84. The van der Waals surface area contributed by atoms with Crippen molar-refractivity contribution in [1.82, 2.24) is 15.3 Å². The van der Waals surface area contributed by atoms with Gasteiger partial charge in [0.25, 0.3) is 0 Å². The van der Waals surface area contributed by atoms with Crippen molar-refractivity contribution in [2.45, 2.75) is 18.9 Å². The molecule has 0 spiro atoms. The van der Waals surface area contributed by atoms with Gasteiger partial charge in [-0.3, -0.25) is 4.79 Å². The molecule has 1 saturated heterocycles. The van der Waals surface area contributed by atoms with Gasteiger partial charge in [-0.15, -0.1) is 0 Å². The Morgan fingerprint density at radius 3 is 2.88 bits per heavy atom. The third-order valence-electron chi connectivity index (χ3n) is 2.49. The summed E-state index contributed by atoms with van der Waals surface area (Å²) in [5, 5.41) is 14.4. The monoisotopic (exact) mass is 236 g/mol. The highest BCUT2D eigenvalue weighted by Crippen LogP contribution is 2.08. The van der Waals surface area contributed by atoms with Gasteiger partial charge in [0.2, 0.25) is 5.91 Å². The molecule has 0 bridgehead atoms. The molecule has 0 aliphatic carbocycles. The maximum Gasteiger partial charge on any atom is 0.356 e. The van der Waals surface area contributed by atoms with Crippen molar-refractivity contribution in [3.05, 3.63) is 18.1 Å². The Morgan fingerprint density at radius 2 is 2.35 bits per heavy atom. The number of carbonyl (C=O) groups is 2. The van der Waals surface area contributed by atoms with Gasteiger partial charge in [0.05, 0.1) is 12.4 Å². The first-order valence-electron chi connectivity index (χ1n) is 5.24. The van der Waals surface area contributed by atoms with E-state index in [-0.39, 0.29) is 17.6 Å². The molecule has 0 saturated carbocycles. The molecule has 7 nitrogen and oxygen atoms in total. The third kappa shape index (κ3) is 2.90. The van der Waals surface area contributed by atoms with Crippen LogP contribution in [0.5, 0.6) is 0 Å². The second-order valence-electron chi connectivity index (χ2n) is 3.78. The molecule has 90 valence electrons. The summed E-state index contributed by atoms with van der Waals surface area (Å²) in [6, 6.07) is 0.100. The van der Waals surface area contributed by atoms with Gasteiger partial charge in [0.1, 0.15) is 5.82 Å². The topological polar surface area (TPSA) is 104 Å². The number of amides is 1. The average Bonchev–Trinajstić information content (AvgIpc) is 2.73. The minimum absolute atomic E-state index is 0.0594. The number of rotatable bonds is 4. The number of carbonyl (C=O) groups excluding carboxylic acids is 1. The standard InChI is InChI=1S/C10H12N4O3/c15-9-2-1-6(14-9)3-12-8-5-11-7(4-13-8)10(16)17/h4-6H,1-3H2,(H,12,13)(H,14,15)(H,16,17). The molecule has 1 aliphatic heterocycles. The van der Waals surface area contributed by atoms with Crippen molar-refractivity contribution in [3.8, 4) is 0 Å². The van der Waals surface area contributed by atoms with Crippen molar-refractivity contribution >= 4 is 17.7 Å². The lowest BCUT2D eigenvalue weighted by Crippen LogP contribution is -2.32. The van der Waals surface area contributed by atoms with Crippen LogP contribution in [0.3, 0.4) is 0 Å². The summed E-state index contributed by atoms with van der Waals surface area (Å²) in [5.41, 5.74) is -0.0929. The molecule has 3 N–H and O–H groups in total. The minimum atomic E-state index is -1.10. The Balaban J connectivity index is 1.87. The van der Waals surface area contributed by atoms with Crippen LogP contribution in [0.4, 0.5) is 5.82 Å². The first-order chi connectivity index (χ1) is 8.15. The Labute approximate surface area is 97.3 Å². The van der Waals surface area contributed by atoms with Crippen molar-refractivity contribution in [2.75, 3.05) is 11.9 Å². The van der Waals surface area contributed by atoms with Crippen LogP contribution in [-0.2, 0) is 4.79 Å². The Kier molecular flexibility index (Phi) is 3.17. The van der Waals surface area contributed by atoms with Gasteiger partial charge in [0, 0.05) is 19.0 Å². The van der Waals surface area contributed by atoms with Gasteiger partial charge in [-0.2, -0.15) is 0 Å². The number of aromatic nitrogens is 2. The highest BCUT2D eigenvalue weighted by Gasteiger charge is 2.20. The fourth-order valence-electron chi connectivity index (χ4n) is 1.59. The molecule has 1 aliphatic rings. The second-order valence-corrected chi connectivity index (χ2v) is 3.78. The van der Waals surface area contributed by atoms with E-state index in [0.717, 1.165) is 6.42 Å². The largest absolute Gasteiger partial charge is 0.476 e. The number of carboxylic acid groups (broad SMARTS) is 1. The maximum absolute atomic E-state index is 11.0. The summed E-state index contributed by atoms with van der Waals surface area (Å²) in [4.78, 5) is 29.1. The van der Waals surface area contributed by atoms with Crippen LogP contribution in [-0.4, -0.2) is 39.5 Å². The highest BCUT2D eigenvalue weighted by atomic mass is 16.4. The third-order valence-corrected chi connectivity index (χ3v) is 2.49. The lowest BCUT2D eigenvalue weighted by Gasteiger charge is -2.11. The molecule has 1 aromatic rings. The maximum atomic E-state index is 11.0. The number of aromatic carboxylic acids is 1. The molecule has 1 fully saturated rings. The molecule has 1 amide bonds. The van der Waals surface area contributed by atoms with Crippen LogP contribution in [0.25, 0.3) is 0 Å². The van der Waals surface area contributed by atoms with E-state index >= 15 is 0 Å². The number of hydrogen-bond acceptors (Lipinski definition) is 5. The number of hydrogen-bond donors (Lipinski definition) is 3. The number of carboxylic acids is 1. The van der Waals surface area contributed by atoms with Gasteiger partial charge in [0.15, 0.2) is 5.69 Å². The Morgan fingerprint density at radius 1 is 1.53 bits per heavy atom. The van der Waals surface area contributed by atoms with Crippen molar-refractivity contribution < 1.29 is 14.7 Å². The summed E-state index contributed by atoms with van der Waals surface area (Å²) in [6.07, 6.45) is 3.90. The van der Waals surface area contributed by atoms with E-state index in [1.54, 1.807) is 0 Å². The first kappa shape index (κ1) is 11.3. The van der Waals surface area contributed by atoms with Crippen LogP contribution < -0.4 is 10.6 Å². The molecular formula is C10H12N4O3. The molecular weight excluding hydrogens is 224 g/mol. The minimum Gasteiger partial charge on any atom is -0.476 e. The van der Waals surface area contributed by atoms with Gasteiger partial charge in [-0.1, -0.05) is 0 Å². The predicted molar refractivity (Wildman–Crippen MR) is 58.6 cm³/mol. The van der Waals surface area contributed by atoms with Gasteiger partial charge in [-0.05, 0) is 6.42 Å². The zero-order chi connectivity index (χ0) is 12.3. The van der Waals surface area contributed by atoms with E-state index in [2.05, 4.69) is 20.6 Å². The predicted octanol–water partition coefficient (Wildman–Crippen LogP) is -0.135. The van der Waals surface area contributed by atoms with E-state index in [9.17, 15) is 9.59 Å². The number of nitrogens with zero attached hydrogens (tertiary/aromatic N) is 2. The molecule has 0 radical (unpaired) electrons. The number of anilines is 1. The van der Waals surface area contributed by atoms with Crippen LogP contribution in [0.2, 0.25) is 0 Å². The number of nitrogens with one attached hydrogen (secondary N) is 2. The smallest absolute Gasteiger partial charge is 0.356 e. The molecule has 1 atom stereocenters. The summed E-state index contributed by atoms with van der Waals surface area (Å²) < 4.78 is 0. The molecule has 2 heterocycles. The van der Waals surface area contributed by atoms with Crippen LogP contribution >= 0.6 is 0 Å². The van der Waals surface area contributed by atoms with Gasteiger partial charge < -0.3 is 15.7 Å². The lowest BCUT2D eigenvalue weighted by atomic mass is 10.2. The second kappa shape index (κ2) is 4.77. The first-order valence-corrected chi connectivity index (χ1v) is 5.24. The lowest BCUT2D eigenvalue weighted by molar-refractivity contribution is -0.119. The van der Waals surface area contributed by atoms with Gasteiger partial charge in [-0.25, -0.2) is 14.8 Å². The summed E-state index contributed by atoms with van der Waals surface area (Å²) in [6.45, 7) is 0.562. The molecule has 2 rings (SSSR count). The molecule has 0 aromatic carbocycles. The summed E-state index contributed by atoms with van der Waals surface area (Å²) >= 11 is 0. The van der Waals surface area contributed by atoms with Crippen LogP contribution in [0, 0.1) is 0 Å². The van der Waals surface area contributed by atoms with E-state index in [0.29, 0.717) is 18.8 Å².